The molecule has 0 amide bonds. The van der Waals surface area contributed by atoms with Crippen LogP contribution in [0.3, 0.4) is 0 Å². The van der Waals surface area contributed by atoms with Gasteiger partial charge in [0, 0.05) is 19.5 Å². The van der Waals surface area contributed by atoms with E-state index in [2.05, 4.69) is 15.6 Å². The Morgan fingerprint density at radius 1 is 1.44 bits per heavy atom. The Kier molecular flexibility index (Phi) is 3.12. The first-order valence-electron chi connectivity index (χ1n) is 2.44. The van der Waals surface area contributed by atoms with Crippen molar-refractivity contribution < 1.29 is 13.6 Å². The summed E-state index contributed by atoms with van der Waals surface area (Å²) < 4.78 is 20.3. The van der Waals surface area contributed by atoms with Gasteiger partial charge in [-0.1, -0.05) is 6.58 Å². The second kappa shape index (κ2) is 3.16. The van der Waals surface area contributed by atoms with E-state index in [9.17, 15) is 4.57 Å². The molecule has 0 radical (unpaired) electrons. The molecule has 0 rings (SSSR count). The summed E-state index contributed by atoms with van der Waals surface area (Å²) in [6.07, 6.45) is 0. The van der Waals surface area contributed by atoms with Crippen LogP contribution in [0.2, 0.25) is 0 Å². The van der Waals surface area contributed by atoms with Crippen molar-refractivity contribution in [2.24, 2.45) is 0 Å². The molecule has 0 atom stereocenters. The predicted octanol–water partition coefficient (Wildman–Crippen LogP) is 2.01. The van der Waals surface area contributed by atoms with Gasteiger partial charge in [0.2, 0.25) is 0 Å². The Bertz CT molecular complexity index is 144. The van der Waals surface area contributed by atoms with Gasteiger partial charge in [0.05, 0.1) is 0 Å². The van der Waals surface area contributed by atoms with Gasteiger partial charge in [-0.15, -0.1) is 0 Å². The third-order valence-corrected chi connectivity index (χ3v) is 2.84. The van der Waals surface area contributed by atoms with Gasteiger partial charge in [0.1, 0.15) is 0 Å². The first-order chi connectivity index (χ1) is 4.06. The lowest BCUT2D eigenvalue weighted by molar-refractivity contribution is 0.283. The summed E-state index contributed by atoms with van der Waals surface area (Å²) in [5.41, 5.74) is 0. The lowest BCUT2D eigenvalue weighted by Gasteiger charge is -2.11. The maximum atomic E-state index is 11.1. The molecule has 3 nitrogen and oxygen atoms in total. The van der Waals surface area contributed by atoms with Crippen molar-refractivity contribution >= 4 is 7.60 Å². The van der Waals surface area contributed by atoms with Crippen molar-refractivity contribution in [3.8, 4) is 0 Å². The fraction of sp³-hybridized carbons (Fsp3) is 0.600. The molecule has 54 valence electrons. The van der Waals surface area contributed by atoms with E-state index >= 15 is 0 Å². The van der Waals surface area contributed by atoms with Crippen molar-refractivity contribution in [1.29, 1.82) is 0 Å². The Labute approximate surface area is 55.2 Å². The number of rotatable bonds is 3. The normalized spacial score (nSPS) is 11.4. The van der Waals surface area contributed by atoms with Crippen molar-refractivity contribution in [3.63, 3.8) is 0 Å². The molecule has 0 spiro atoms. The minimum Gasteiger partial charge on any atom is -0.309 e. The fourth-order valence-corrected chi connectivity index (χ4v) is 1.16. The minimum absolute atomic E-state index is 0.424. The molecule has 0 aliphatic rings. The van der Waals surface area contributed by atoms with Crippen LogP contribution in [0.15, 0.2) is 11.9 Å². The van der Waals surface area contributed by atoms with Crippen molar-refractivity contribution in [2.75, 3.05) is 14.2 Å². The van der Waals surface area contributed by atoms with Crippen molar-refractivity contribution in [1.82, 2.24) is 0 Å². The molecule has 0 aromatic carbocycles. The summed E-state index contributed by atoms with van der Waals surface area (Å²) >= 11 is 0. The summed E-state index contributed by atoms with van der Waals surface area (Å²) in [5.74, 6) is 0. The molecule has 0 bridgehead atoms. The topological polar surface area (TPSA) is 35.5 Å². The summed E-state index contributed by atoms with van der Waals surface area (Å²) in [7, 11) is -0.283. The molecule has 0 unspecified atom stereocenters. The third kappa shape index (κ3) is 1.94. The van der Waals surface area contributed by atoms with Crippen molar-refractivity contribution in [3.05, 3.63) is 11.9 Å². The Balaban J connectivity index is 4.30. The highest BCUT2D eigenvalue weighted by atomic mass is 31.2. The lowest BCUT2D eigenvalue weighted by Crippen LogP contribution is -1.87. The highest BCUT2D eigenvalue weighted by Gasteiger charge is 2.20. The average molecular weight is 150 g/mol. The van der Waals surface area contributed by atoms with Crippen molar-refractivity contribution in [2.45, 2.75) is 6.92 Å². The summed E-state index contributed by atoms with van der Waals surface area (Å²) in [4.78, 5) is 0. The molecule has 0 aliphatic carbocycles. The van der Waals surface area contributed by atoms with Crippen LogP contribution >= 0.6 is 7.60 Å². The van der Waals surface area contributed by atoms with E-state index in [-0.39, 0.29) is 0 Å². The van der Waals surface area contributed by atoms with Gasteiger partial charge in [0.25, 0.3) is 0 Å². The van der Waals surface area contributed by atoms with Crippen LogP contribution in [0, 0.1) is 0 Å². The van der Waals surface area contributed by atoms with E-state index in [1.54, 1.807) is 6.92 Å². The maximum absolute atomic E-state index is 11.1. The zero-order valence-corrected chi connectivity index (χ0v) is 6.77. The van der Waals surface area contributed by atoms with Gasteiger partial charge in [-0.2, -0.15) is 0 Å². The number of hydrogen-bond acceptors (Lipinski definition) is 3. The fourth-order valence-electron chi connectivity index (χ4n) is 0.386. The molecule has 0 fully saturated rings. The van der Waals surface area contributed by atoms with Crippen LogP contribution in [-0.2, 0) is 13.6 Å². The van der Waals surface area contributed by atoms with E-state index in [4.69, 9.17) is 0 Å². The van der Waals surface area contributed by atoms with Crippen LogP contribution in [-0.4, -0.2) is 14.2 Å². The number of hydrogen-bond donors (Lipinski definition) is 0. The molecular formula is C5H11O3P. The quantitative estimate of drug-likeness (QED) is 0.577. The van der Waals surface area contributed by atoms with Gasteiger partial charge in [-0.3, -0.25) is 4.57 Å². The second-order valence-corrected chi connectivity index (χ2v) is 4.09. The molecule has 0 aromatic rings. The highest BCUT2D eigenvalue weighted by Crippen LogP contribution is 2.53. The SMILES string of the molecule is C=C(C)P(=O)(OC)OC. The molecule has 0 heterocycles. The van der Waals surface area contributed by atoms with E-state index < -0.39 is 7.60 Å². The molecule has 4 heteroatoms. The molecule has 9 heavy (non-hydrogen) atoms. The van der Waals surface area contributed by atoms with Crippen LogP contribution < -0.4 is 0 Å². The molecule has 0 saturated carbocycles. The number of allylic oxidation sites excluding steroid dienone is 1. The molecule has 0 N–H and O–H groups in total. The Hall–Kier alpha value is -0.110. The zero-order valence-electron chi connectivity index (χ0n) is 5.88. The molecule has 0 aromatic heterocycles. The van der Waals surface area contributed by atoms with Gasteiger partial charge >= 0.3 is 7.60 Å². The van der Waals surface area contributed by atoms with E-state index in [1.807, 2.05) is 0 Å². The maximum Gasteiger partial charge on any atom is 0.355 e. The molecule has 0 aliphatic heterocycles. The van der Waals surface area contributed by atoms with Gasteiger partial charge in [0.15, 0.2) is 0 Å². The van der Waals surface area contributed by atoms with Gasteiger partial charge < -0.3 is 9.05 Å². The largest absolute Gasteiger partial charge is 0.355 e. The Morgan fingerprint density at radius 3 is 1.78 bits per heavy atom. The third-order valence-electron chi connectivity index (χ3n) is 0.948. The van der Waals surface area contributed by atoms with Gasteiger partial charge in [-0.05, 0) is 6.92 Å². The summed E-state index contributed by atoms with van der Waals surface area (Å²) in [5, 5.41) is 0.424. The zero-order chi connectivity index (χ0) is 7.49. The second-order valence-electron chi connectivity index (χ2n) is 1.60. The van der Waals surface area contributed by atoms with Crippen LogP contribution in [0.25, 0.3) is 0 Å². The lowest BCUT2D eigenvalue weighted by atomic mass is 10.8. The summed E-state index contributed by atoms with van der Waals surface area (Å²) in [6.45, 7) is 5.06. The Morgan fingerprint density at radius 2 is 1.78 bits per heavy atom. The van der Waals surface area contributed by atoms with Crippen LogP contribution in [0.5, 0.6) is 0 Å². The monoisotopic (exact) mass is 150 g/mol. The van der Waals surface area contributed by atoms with Gasteiger partial charge in [-0.25, -0.2) is 0 Å². The minimum atomic E-state index is -2.95. The standard InChI is InChI=1S/C5H11O3P/c1-5(2)9(6,7-3)8-4/h1H2,2-4H3. The average Bonchev–Trinajstić information content (AvgIpc) is 1.86. The smallest absolute Gasteiger partial charge is 0.309 e. The van der Waals surface area contributed by atoms with Crippen LogP contribution in [0.1, 0.15) is 6.92 Å². The van der Waals surface area contributed by atoms with E-state index in [1.165, 1.54) is 14.2 Å². The van der Waals surface area contributed by atoms with Crippen LogP contribution in [0.4, 0.5) is 0 Å². The molecule has 0 saturated heterocycles. The first-order valence-corrected chi connectivity index (χ1v) is 3.98. The molecular weight excluding hydrogens is 139 g/mol. The summed E-state index contributed by atoms with van der Waals surface area (Å²) in [6, 6.07) is 0. The van der Waals surface area contributed by atoms with E-state index in [0.29, 0.717) is 5.31 Å². The van der Waals surface area contributed by atoms with E-state index in [0.717, 1.165) is 0 Å². The predicted molar refractivity (Wildman–Crippen MR) is 36.4 cm³/mol. The first kappa shape index (κ1) is 8.89. The highest BCUT2D eigenvalue weighted by molar-refractivity contribution is 7.58.